The van der Waals surface area contributed by atoms with Crippen LogP contribution < -0.4 is 37.6 Å². The summed E-state index contributed by atoms with van der Waals surface area (Å²) in [7, 11) is 0. The molecule has 240 valence electrons. The van der Waals surface area contributed by atoms with Gasteiger partial charge in [-0.2, -0.15) is 12.6 Å². The lowest BCUT2D eigenvalue weighted by Gasteiger charge is -2.27. The molecule has 42 heavy (non-hydrogen) atoms. The van der Waals surface area contributed by atoms with Crippen LogP contribution in [0.3, 0.4) is 0 Å². The highest BCUT2D eigenvalue weighted by Crippen LogP contribution is 2.08. The fourth-order valence-electron chi connectivity index (χ4n) is 3.55. The fourth-order valence-corrected chi connectivity index (χ4v) is 3.72. The first-order valence-corrected chi connectivity index (χ1v) is 14.4. The fraction of sp³-hybridized carbons (Fsp3) is 0.731. The second kappa shape index (κ2) is 19.8. The number of amides is 6. The van der Waals surface area contributed by atoms with Gasteiger partial charge in [0.15, 0.2) is 0 Å². The molecule has 0 aliphatic heterocycles. The van der Waals surface area contributed by atoms with E-state index in [1.54, 1.807) is 27.7 Å². The molecular formula is C26H47N7O8S. The molecule has 16 heteroatoms. The van der Waals surface area contributed by atoms with E-state index in [1.807, 2.05) is 13.8 Å². The van der Waals surface area contributed by atoms with Crippen LogP contribution in [0.25, 0.3) is 0 Å². The van der Waals surface area contributed by atoms with Crippen LogP contribution in [0.4, 0.5) is 0 Å². The third-order valence-corrected chi connectivity index (χ3v) is 6.33. The van der Waals surface area contributed by atoms with Gasteiger partial charge in [-0.25, -0.2) is 0 Å². The summed E-state index contributed by atoms with van der Waals surface area (Å²) in [6.45, 7) is 8.87. The van der Waals surface area contributed by atoms with Gasteiger partial charge in [0.1, 0.15) is 30.5 Å². The van der Waals surface area contributed by atoms with Crippen molar-refractivity contribution in [2.75, 3.05) is 25.4 Å². The molecule has 0 saturated heterocycles. The Bertz CT molecular complexity index is 948. The van der Waals surface area contributed by atoms with E-state index in [0.717, 1.165) is 0 Å². The molecule has 9 N–H and O–H groups in total. The van der Waals surface area contributed by atoms with Crippen LogP contribution in [-0.2, 0) is 33.6 Å². The molecule has 0 radical (unpaired) electrons. The first-order valence-electron chi connectivity index (χ1n) is 13.7. The van der Waals surface area contributed by atoms with Crippen LogP contribution in [0.15, 0.2) is 0 Å². The van der Waals surface area contributed by atoms with Crippen molar-refractivity contribution in [2.24, 2.45) is 23.5 Å². The average molecular weight is 618 g/mol. The summed E-state index contributed by atoms with van der Waals surface area (Å²) < 4.78 is 0. The third-order valence-electron chi connectivity index (χ3n) is 5.94. The first kappa shape index (κ1) is 38.8. The molecule has 0 aliphatic rings. The molecule has 15 nitrogen and oxygen atoms in total. The van der Waals surface area contributed by atoms with Crippen LogP contribution >= 0.6 is 12.6 Å². The minimum Gasteiger partial charge on any atom is -0.394 e. The van der Waals surface area contributed by atoms with E-state index in [2.05, 4.69) is 44.5 Å². The number of nitrogens with one attached hydrogen (secondary N) is 6. The number of aldehydes is 1. The number of hydrogen-bond acceptors (Lipinski definition) is 10. The highest BCUT2D eigenvalue weighted by Gasteiger charge is 2.31. The Balaban J connectivity index is 5.24. The van der Waals surface area contributed by atoms with E-state index in [0.29, 0.717) is 12.7 Å². The van der Waals surface area contributed by atoms with Gasteiger partial charge in [0.2, 0.25) is 35.4 Å². The molecule has 0 spiro atoms. The maximum absolute atomic E-state index is 13.1. The number of carbonyl (C=O) groups excluding carboxylic acids is 7. The summed E-state index contributed by atoms with van der Waals surface area (Å²) in [6.07, 6.45) is 0.653. The molecule has 0 heterocycles. The zero-order chi connectivity index (χ0) is 32.6. The van der Waals surface area contributed by atoms with Crippen molar-refractivity contribution in [2.45, 2.75) is 78.2 Å². The predicted octanol–water partition coefficient (Wildman–Crippen LogP) is -3.04. The number of rotatable bonds is 19. The number of hydrogen-bond donors (Lipinski definition) is 9. The second-order valence-corrected chi connectivity index (χ2v) is 11.3. The Labute approximate surface area is 252 Å². The monoisotopic (exact) mass is 617 g/mol. The number of aliphatic hydroxyl groups is 1. The molecule has 0 aromatic heterocycles. The lowest BCUT2D eigenvalue weighted by Crippen LogP contribution is -2.58. The van der Waals surface area contributed by atoms with Gasteiger partial charge < -0.3 is 47.5 Å². The molecule has 0 aliphatic carbocycles. The zero-order valence-electron chi connectivity index (χ0n) is 25.1. The standard InChI is InChI=1S/C26H47N7O8S/c1-13(2)7-18(31-23(38)17(27)12-42)24(39)28-9-20(37)32-22(15(5)6)26(41)33-21(14(3)4)25(40)29-8-19(36)30-16(10-34)11-35/h10,13-18,21-22,35,42H,7-9,11-12,27H2,1-6H3,(H,28,39)(H,29,40)(H,30,36)(H,31,38)(H,32,37)(H,33,41)/t16-,17+,18+,21+,22+/m1/s1. The van der Waals surface area contributed by atoms with Crippen molar-refractivity contribution in [3.63, 3.8) is 0 Å². The third kappa shape index (κ3) is 14.6. The van der Waals surface area contributed by atoms with Gasteiger partial charge in [-0.3, -0.25) is 28.8 Å². The molecule has 0 rings (SSSR count). The van der Waals surface area contributed by atoms with E-state index >= 15 is 0 Å². The molecule has 0 saturated carbocycles. The number of nitrogens with two attached hydrogens (primary N) is 1. The predicted molar refractivity (Wildman–Crippen MR) is 158 cm³/mol. The Kier molecular flexibility index (Phi) is 18.3. The molecule has 6 amide bonds. The summed E-state index contributed by atoms with van der Waals surface area (Å²) in [4.78, 5) is 86.0. The molecule has 0 bridgehead atoms. The summed E-state index contributed by atoms with van der Waals surface area (Å²) in [5, 5.41) is 23.8. The van der Waals surface area contributed by atoms with Crippen molar-refractivity contribution < 1.29 is 38.7 Å². The van der Waals surface area contributed by atoms with Gasteiger partial charge in [0.25, 0.3) is 0 Å². The molecule has 5 atom stereocenters. The lowest BCUT2D eigenvalue weighted by atomic mass is 9.99. The van der Waals surface area contributed by atoms with Crippen LogP contribution in [-0.4, -0.2) is 102 Å². The maximum atomic E-state index is 13.1. The van der Waals surface area contributed by atoms with E-state index in [-0.39, 0.29) is 11.7 Å². The Morgan fingerprint density at radius 3 is 1.69 bits per heavy atom. The smallest absolute Gasteiger partial charge is 0.243 e. The second-order valence-electron chi connectivity index (χ2n) is 10.9. The van der Waals surface area contributed by atoms with Crippen molar-refractivity contribution in [1.29, 1.82) is 0 Å². The van der Waals surface area contributed by atoms with Crippen molar-refractivity contribution in [1.82, 2.24) is 31.9 Å². The SMILES string of the molecule is CC(C)C[C@H](NC(=O)[C@@H](N)CS)C(=O)NCC(=O)N[C@H](C(=O)N[C@H](C(=O)NCC(=O)N[C@H](C=O)CO)C(C)C)C(C)C. The Morgan fingerprint density at radius 1 is 0.738 bits per heavy atom. The van der Waals surface area contributed by atoms with E-state index < -0.39 is 97.2 Å². The zero-order valence-corrected chi connectivity index (χ0v) is 26.0. The minimum atomic E-state index is -1.11. The van der Waals surface area contributed by atoms with Gasteiger partial charge in [-0.05, 0) is 24.2 Å². The van der Waals surface area contributed by atoms with Crippen LogP contribution in [0.5, 0.6) is 0 Å². The highest BCUT2D eigenvalue weighted by atomic mass is 32.1. The summed E-state index contributed by atoms with van der Waals surface area (Å²) in [5.74, 6) is -4.52. The quantitative estimate of drug-likeness (QED) is 0.0528. The summed E-state index contributed by atoms with van der Waals surface area (Å²) in [5.41, 5.74) is 5.67. The van der Waals surface area contributed by atoms with Gasteiger partial charge in [-0.1, -0.05) is 41.5 Å². The van der Waals surface area contributed by atoms with Crippen molar-refractivity contribution in [3.8, 4) is 0 Å². The van der Waals surface area contributed by atoms with Crippen LogP contribution in [0, 0.1) is 17.8 Å². The summed E-state index contributed by atoms with van der Waals surface area (Å²) >= 11 is 3.98. The van der Waals surface area contributed by atoms with Gasteiger partial charge in [0.05, 0.1) is 25.7 Å². The molecule has 0 aromatic carbocycles. The topological polar surface area (TPSA) is 238 Å². The Morgan fingerprint density at radius 2 is 1.24 bits per heavy atom. The average Bonchev–Trinajstić information content (AvgIpc) is 2.92. The van der Waals surface area contributed by atoms with Crippen LogP contribution in [0.2, 0.25) is 0 Å². The normalized spacial score (nSPS) is 14.7. The maximum Gasteiger partial charge on any atom is 0.243 e. The molecule has 0 fully saturated rings. The van der Waals surface area contributed by atoms with Crippen molar-refractivity contribution in [3.05, 3.63) is 0 Å². The number of aliphatic hydroxyl groups excluding tert-OH is 1. The van der Waals surface area contributed by atoms with E-state index in [4.69, 9.17) is 10.8 Å². The largest absolute Gasteiger partial charge is 0.394 e. The van der Waals surface area contributed by atoms with Crippen molar-refractivity contribution >= 4 is 54.4 Å². The number of carbonyl (C=O) groups is 7. The van der Waals surface area contributed by atoms with Crippen LogP contribution in [0.1, 0.15) is 48.0 Å². The molecule has 0 aromatic rings. The molecular weight excluding hydrogens is 570 g/mol. The Hall–Kier alpha value is -3.24. The molecule has 0 unspecified atom stereocenters. The highest BCUT2D eigenvalue weighted by molar-refractivity contribution is 7.80. The summed E-state index contributed by atoms with van der Waals surface area (Å²) in [6, 6.07) is -5.07. The van der Waals surface area contributed by atoms with E-state index in [1.165, 1.54) is 0 Å². The van der Waals surface area contributed by atoms with Gasteiger partial charge in [0, 0.05) is 5.75 Å². The van der Waals surface area contributed by atoms with Gasteiger partial charge in [-0.15, -0.1) is 0 Å². The van der Waals surface area contributed by atoms with Gasteiger partial charge >= 0.3 is 0 Å². The van der Waals surface area contributed by atoms with E-state index in [9.17, 15) is 33.6 Å². The number of thiol groups is 1. The first-order chi connectivity index (χ1) is 19.6. The minimum absolute atomic E-state index is 0.0467. The lowest BCUT2D eigenvalue weighted by molar-refractivity contribution is -0.134.